The van der Waals surface area contributed by atoms with Crippen LogP contribution < -0.4 is 22.0 Å². The molecule has 3 aromatic rings. The smallest absolute Gasteiger partial charge is 0.451 e. The van der Waals surface area contributed by atoms with Crippen LogP contribution in [0.2, 0.25) is 0 Å². The molecule has 0 spiro atoms. The Labute approximate surface area is 205 Å². The molecular formula is C20H15F3O10S3. The lowest BCUT2D eigenvalue weighted by Crippen LogP contribution is -2.15. The Bertz CT molecular complexity index is 1430. The van der Waals surface area contributed by atoms with Gasteiger partial charge in [0, 0.05) is 11.4 Å². The highest BCUT2D eigenvalue weighted by atomic mass is 32.3. The first-order valence-electron chi connectivity index (χ1n) is 9.33. The van der Waals surface area contributed by atoms with Crippen LogP contribution in [0.15, 0.2) is 72.8 Å². The first kappa shape index (κ1) is 27.0. The van der Waals surface area contributed by atoms with E-state index in [0.29, 0.717) is 0 Å². The van der Waals surface area contributed by atoms with Crippen molar-refractivity contribution in [1.82, 2.24) is 0 Å². The van der Waals surface area contributed by atoms with E-state index in [1.807, 2.05) is 0 Å². The zero-order chi connectivity index (χ0) is 26.6. The highest BCUT2D eigenvalue weighted by molar-refractivity contribution is 7.91. The Balaban J connectivity index is 1.85. The summed E-state index contributed by atoms with van der Waals surface area (Å²) >= 11 is 0. The van der Waals surface area contributed by atoms with Crippen molar-refractivity contribution in [1.29, 1.82) is 0 Å². The van der Waals surface area contributed by atoms with Crippen molar-refractivity contribution in [2.45, 2.75) is 6.29 Å². The predicted octanol–water partition coefficient (Wildman–Crippen LogP) is 3.92. The molecule has 0 aliphatic rings. The summed E-state index contributed by atoms with van der Waals surface area (Å²) in [7, 11) is -14.7. The summed E-state index contributed by atoms with van der Waals surface area (Å²) in [5, 5.41) is 0. The molecule has 0 saturated carbocycles. The molecule has 0 bridgehead atoms. The largest absolute Gasteiger partial charge is 0.488 e. The van der Waals surface area contributed by atoms with Gasteiger partial charge in [-0.15, -0.1) is 3.89 Å². The Morgan fingerprint density at radius 2 is 0.833 bits per heavy atom. The second kappa shape index (κ2) is 10.5. The van der Waals surface area contributed by atoms with Crippen LogP contribution in [0.5, 0.6) is 28.7 Å². The van der Waals surface area contributed by atoms with Crippen LogP contribution in [0.3, 0.4) is 0 Å². The van der Waals surface area contributed by atoms with E-state index in [0.717, 1.165) is 24.3 Å². The standard InChI is InChI=1S/C20H15F3O10S3/c1-34(21,24)31-17-10-6-15(7-11-17)29-20(14-2-4-18(5-3-14)32-35(22,25)26)30-16-8-12-19(13-9-16)33-36(23,27)28/h2-13,20H,1H2. The molecular weight excluding hydrogens is 553 g/mol. The molecule has 0 N–H and O–H groups in total. The fourth-order valence-electron chi connectivity index (χ4n) is 2.61. The lowest BCUT2D eigenvalue weighted by molar-refractivity contribution is 0.00375. The molecule has 194 valence electrons. The maximum absolute atomic E-state index is 13.1. The first-order chi connectivity index (χ1) is 16.7. The minimum atomic E-state index is -5.25. The lowest BCUT2D eigenvalue weighted by atomic mass is 10.2. The molecule has 0 aromatic heterocycles. The van der Waals surface area contributed by atoms with E-state index >= 15 is 0 Å². The van der Waals surface area contributed by atoms with Crippen LogP contribution in [-0.2, 0) is 31.2 Å². The molecule has 36 heavy (non-hydrogen) atoms. The van der Waals surface area contributed by atoms with E-state index in [-0.39, 0.29) is 34.3 Å². The summed E-state index contributed by atoms with van der Waals surface area (Å²) in [6.07, 6.45) is -1.25. The van der Waals surface area contributed by atoms with Gasteiger partial charge >= 0.3 is 21.0 Å². The van der Waals surface area contributed by atoms with Gasteiger partial charge in [-0.2, -0.15) is 21.0 Å². The van der Waals surface area contributed by atoms with E-state index in [9.17, 15) is 32.7 Å². The monoisotopic (exact) mass is 568 g/mol. The second-order valence-electron chi connectivity index (χ2n) is 6.65. The van der Waals surface area contributed by atoms with Crippen molar-refractivity contribution < 1.29 is 54.7 Å². The van der Waals surface area contributed by atoms with Gasteiger partial charge in [-0.25, -0.2) is 0 Å². The van der Waals surface area contributed by atoms with E-state index in [1.54, 1.807) is 0 Å². The molecule has 3 aromatic carbocycles. The second-order valence-corrected chi connectivity index (χ2v) is 9.80. The van der Waals surface area contributed by atoms with Gasteiger partial charge in [0.2, 0.25) is 0 Å². The molecule has 2 unspecified atom stereocenters. The maximum atomic E-state index is 13.1. The number of rotatable bonds is 11. The number of hydrogen-bond acceptors (Lipinski definition) is 10. The summed E-state index contributed by atoms with van der Waals surface area (Å²) in [5.74, 6) is 2.21. The third kappa shape index (κ3) is 9.20. The SMILES string of the molecule is C=S(=O)(F)Oc1ccc(OC(Oc2ccc(OS(=O)(=O)F)cc2)c2ccc(OS(=O)(=O)F)cc2)cc1. The minimum Gasteiger partial charge on any atom is -0.451 e. The van der Waals surface area contributed by atoms with Crippen LogP contribution in [0, 0.1) is 0 Å². The summed E-state index contributed by atoms with van der Waals surface area (Å²) in [6, 6.07) is 14.7. The molecule has 0 heterocycles. The Kier molecular flexibility index (Phi) is 7.90. The summed E-state index contributed by atoms with van der Waals surface area (Å²) in [6.45, 7) is 0. The highest BCUT2D eigenvalue weighted by Gasteiger charge is 2.18. The van der Waals surface area contributed by atoms with Gasteiger partial charge in [-0.1, -0.05) is 7.77 Å². The van der Waals surface area contributed by atoms with Gasteiger partial charge in [-0.3, -0.25) is 0 Å². The molecule has 0 aliphatic heterocycles. The molecule has 10 nitrogen and oxygen atoms in total. The first-order valence-corrected chi connectivity index (χ1v) is 13.5. The number of halogens is 3. The van der Waals surface area contributed by atoms with E-state index in [4.69, 9.17) is 9.47 Å². The van der Waals surface area contributed by atoms with Gasteiger partial charge in [0.25, 0.3) is 16.5 Å². The Morgan fingerprint density at radius 3 is 1.17 bits per heavy atom. The van der Waals surface area contributed by atoms with Crippen LogP contribution in [0.1, 0.15) is 11.9 Å². The van der Waals surface area contributed by atoms with Crippen LogP contribution >= 0.6 is 0 Å². The van der Waals surface area contributed by atoms with Gasteiger partial charge in [-0.05, 0) is 72.8 Å². The van der Waals surface area contributed by atoms with Crippen molar-refractivity contribution in [2.75, 3.05) is 0 Å². The van der Waals surface area contributed by atoms with Gasteiger partial charge in [0.15, 0.2) is 0 Å². The zero-order valence-electron chi connectivity index (χ0n) is 17.7. The number of benzene rings is 3. The topological polar surface area (TPSA) is 132 Å². The molecule has 16 heteroatoms. The van der Waals surface area contributed by atoms with Crippen molar-refractivity contribution in [2.24, 2.45) is 0 Å². The van der Waals surface area contributed by atoms with Crippen molar-refractivity contribution >= 4 is 37.1 Å². The van der Waals surface area contributed by atoms with Crippen LogP contribution in [-0.4, -0.2) is 26.9 Å². The highest BCUT2D eigenvalue weighted by Crippen LogP contribution is 2.30. The number of hydrogen-bond donors (Lipinski definition) is 0. The average molecular weight is 569 g/mol. The third-order valence-electron chi connectivity index (χ3n) is 3.90. The van der Waals surface area contributed by atoms with Gasteiger partial charge < -0.3 is 22.0 Å². The fraction of sp³-hybridized carbons (Fsp3) is 0.0500. The summed E-state index contributed by atoms with van der Waals surface area (Å²) in [4.78, 5) is 0. The van der Waals surface area contributed by atoms with E-state index in [2.05, 4.69) is 18.4 Å². The predicted molar refractivity (Wildman–Crippen MR) is 122 cm³/mol. The molecule has 2 atom stereocenters. The fourth-order valence-corrected chi connectivity index (χ4v) is 3.69. The van der Waals surface area contributed by atoms with Gasteiger partial charge in [0.05, 0.1) is 0 Å². The summed E-state index contributed by atoms with van der Waals surface area (Å²) in [5.41, 5.74) is 0.273. The van der Waals surface area contributed by atoms with E-state index in [1.165, 1.54) is 48.5 Å². The van der Waals surface area contributed by atoms with Crippen molar-refractivity contribution in [3.63, 3.8) is 0 Å². The molecule has 0 fully saturated rings. The zero-order valence-corrected chi connectivity index (χ0v) is 20.1. The van der Waals surface area contributed by atoms with Crippen molar-refractivity contribution in [3.8, 4) is 28.7 Å². The molecule has 0 amide bonds. The lowest BCUT2D eigenvalue weighted by Gasteiger charge is -2.21. The summed E-state index contributed by atoms with van der Waals surface area (Å²) < 4.78 is 116. The molecule has 3 rings (SSSR count). The van der Waals surface area contributed by atoms with Gasteiger partial charge in [0.1, 0.15) is 28.7 Å². The minimum absolute atomic E-state index is 0.101. The van der Waals surface area contributed by atoms with Crippen LogP contribution in [0.25, 0.3) is 0 Å². The third-order valence-corrected chi connectivity index (χ3v) is 5.12. The normalized spacial score (nSPS) is 14.2. The van der Waals surface area contributed by atoms with Crippen molar-refractivity contribution in [3.05, 3.63) is 78.4 Å². The van der Waals surface area contributed by atoms with E-state index < -0.39 is 37.5 Å². The number of ether oxygens (including phenoxy) is 2. The quantitative estimate of drug-likeness (QED) is 0.190. The van der Waals surface area contributed by atoms with Crippen LogP contribution in [0.4, 0.5) is 11.7 Å². The molecule has 0 saturated heterocycles. The molecule has 0 radical (unpaired) electrons. The Morgan fingerprint density at radius 1 is 0.528 bits per heavy atom. The Hall–Kier alpha value is -3.63. The average Bonchev–Trinajstić information content (AvgIpc) is 2.73. The molecule has 0 aliphatic carbocycles. The maximum Gasteiger partial charge on any atom is 0.488 e.